The van der Waals surface area contributed by atoms with Gasteiger partial charge < -0.3 is 9.80 Å². The minimum Gasteiger partial charge on any atom is -0.309 e. The smallest absolute Gasteiger partial charge is 0.0159 e. The monoisotopic (exact) mass is 222 g/mol. The molecule has 0 heterocycles. The van der Waals surface area contributed by atoms with Crippen LogP contribution in [0.4, 0.5) is 0 Å². The second-order valence-corrected chi connectivity index (χ2v) is 3.94. The summed E-state index contributed by atoms with van der Waals surface area (Å²) in [6.07, 6.45) is 1.26. The topological polar surface area (TPSA) is 6.48 Å². The highest BCUT2D eigenvalue weighted by Crippen LogP contribution is 1.90. The quantitative estimate of drug-likeness (QED) is 0.625. The summed E-state index contributed by atoms with van der Waals surface area (Å²) >= 11 is 3.42. The number of alkyl halides is 1. The van der Waals surface area contributed by atoms with Gasteiger partial charge in [-0.1, -0.05) is 15.9 Å². The van der Waals surface area contributed by atoms with Gasteiger partial charge in [-0.15, -0.1) is 0 Å². The van der Waals surface area contributed by atoms with Crippen molar-refractivity contribution in [2.45, 2.75) is 6.42 Å². The molecule has 0 fully saturated rings. The zero-order valence-electron chi connectivity index (χ0n) is 7.81. The summed E-state index contributed by atoms with van der Waals surface area (Å²) in [6, 6.07) is 0. The van der Waals surface area contributed by atoms with E-state index in [1.165, 1.54) is 19.5 Å². The van der Waals surface area contributed by atoms with E-state index in [9.17, 15) is 0 Å². The molecular formula is C8H19BrN2. The van der Waals surface area contributed by atoms with Crippen LogP contribution in [0.2, 0.25) is 0 Å². The van der Waals surface area contributed by atoms with Crippen molar-refractivity contribution in [1.82, 2.24) is 9.80 Å². The van der Waals surface area contributed by atoms with Crippen LogP contribution in [0.3, 0.4) is 0 Å². The van der Waals surface area contributed by atoms with E-state index in [1.54, 1.807) is 0 Å². The summed E-state index contributed by atoms with van der Waals surface area (Å²) in [4.78, 5) is 4.57. The molecule has 0 amide bonds. The molecule has 11 heavy (non-hydrogen) atoms. The van der Waals surface area contributed by atoms with Gasteiger partial charge in [-0.2, -0.15) is 0 Å². The van der Waals surface area contributed by atoms with Gasteiger partial charge in [-0.05, 0) is 40.7 Å². The van der Waals surface area contributed by atoms with Crippen LogP contribution in [0.15, 0.2) is 0 Å². The molecule has 2 nitrogen and oxygen atoms in total. The Hall–Kier alpha value is 0.400. The SMILES string of the molecule is CN(C)CCCN(C)CCBr. The molecule has 0 N–H and O–H groups in total. The van der Waals surface area contributed by atoms with Crippen molar-refractivity contribution in [2.24, 2.45) is 0 Å². The lowest BCUT2D eigenvalue weighted by Gasteiger charge is -2.16. The van der Waals surface area contributed by atoms with Crippen LogP contribution in [0.5, 0.6) is 0 Å². The van der Waals surface area contributed by atoms with Crippen LogP contribution < -0.4 is 0 Å². The highest BCUT2D eigenvalue weighted by Gasteiger charge is 1.96. The molecule has 0 aromatic rings. The summed E-state index contributed by atoms with van der Waals surface area (Å²) in [5.41, 5.74) is 0. The van der Waals surface area contributed by atoms with Crippen LogP contribution >= 0.6 is 15.9 Å². The average molecular weight is 223 g/mol. The Morgan fingerprint density at radius 1 is 1.00 bits per heavy atom. The van der Waals surface area contributed by atoms with Crippen LogP contribution in [0.1, 0.15) is 6.42 Å². The summed E-state index contributed by atoms with van der Waals surface area (Å²) in [6.45, 7) is 3.53. The van der Waals surface area contributed by atoms with Gasteiger partial charge in [0.05, 0.1) is 0 Å². The molecule has 0 unspecified atom stereocenters. The Labute approximate surface area is 78.7 Å². The first-order valence-electron chi connectivity index (χ1n) is 4.06. The lowest BCUT2D eigenvalue weighted by molar-refractivity contribution is 0.314. The molecular weight excluding hydrogens is 204 g/mol. The van der Waals surface area contributed by atoms with E-state index in [4.69, 9.17) is 0 Å². The third kappa shape index (κ3) is 8.30. The number of hydrogen-bond donors (Lipinski definition) is 0. The maximum Gasteiger partial charge on any atom is 0.0159 e. The second-order valence-electron chi connectivity index (χ2n) is 3.15. The van der Waals surface area contributed by atoms with Crippen LogP contribution in [0, 0.1) is 0 Å². The van der Waals surface area contributed by atoms with Crippen molar-refractivity contribution >= 4 is 15.9 Å². The molecule has 0 spiro atoms. The number of rotatable bonds is 6. The third-order valence-electron chi connectivity index (χ3n) is 1.61. The predicted molar refractivity (Wildman–Crippen MR) is 54.5 cm³/mol. The van der Waals surface area contributed by atoms with E-state index in [1.807, 2.05) is 0 Å². The molecule has 0 rings (SSSR count). The van der Waals surface area contributed by atoms with Crippen molar-refractivity contribution in [1.29, 1.82) is 0 Å². The first kappa shape index (κ1) is 11.4. The molecule has 0 aliphatic rings. The standard InChI is InChI=1S/C8H19BrN2/c1-10(2)6-4-7-11(3)8-5-9/h4-8H2,1-3H3. The maximum atomic E-state index is 3.42. The Balaban J connectivity index is 3.10. The molecule has 0 radical (unpaired) electrons. The first-order chi connectivity index (χ1) is 5.16. The average Bonchev–Trinajstić information content (AvgIpc) is 1.87. The van der Waals surface area contributed by atoms with Crippen molar-refractivity contribution in [3.8, 4) is 0 Å². The lowest BCUT2D eigenvalue weighted by Crippen LogP contribution is -2.25. The fourth-order valence-corrected chi connectivity index (χ4v) is 1.52. The molecule has 0 saturated carbocycles. The van der Waals surface area contributed by atoms with E-state index in [-0.39, 0.29) is 0 Å². The molecule has 0 aliphatic carbocycles. The summed E-state index contributed by atoms with van der Waals surface area (Å²) < 4.78 is 0. The molecule has 0 saturated heterocycles. The number of hydrogen-bond acceptors (Lipinski definition) is 2. The van der Waals surface area contributed by atoms with Gasteiger partial charge in [-0.3, -0.25) is 0 Å². The zero-order chi connectivity index (χ0) is 8.69. The van der Waals surface area contributed by atoms with E-state index < -0.39 is 0 Å². The van der Waals surface area contributed by atoms with Crippen LogP contribution in [-0.2, 0) is 0 Å². The molecule has 0 atom stereocenters. The van der Waals surface area contributed by atoms with Crippen molar-refractivity contribution in [2.75, 3.05) is 46.1 Å². The summed E-state index contributed by atoms with van der Waals surface area (Å²) in [7, 11) is 6.39. The molecule has 0 aromatic heterocycles. The van der Waals surface area contributed by atoms with Gasteiger partial charge in [0.2, 0.25) is 0 Å². The van der Waals surface area contributed by atoms with E-state index in [0.717, 1.165) is 11.9 Å². The van der Waals surface area contributed by atoms with Gasteiger partial charge in [-0.25, -0.2) is 0 Å². The van der Waals surface area contributed by atoms with Crippen molar-refractivity contribution < 1.29 is 0 Å². The minimum absolute atomic E-state index is 1.07. The molecule has 0 aliphatic heterocycles. The Morgan fingerprint density at radius 2 is 1.64 bits per heavy atom. The van der Waals surface area contributed by atoms with Crippen LogP contribution in [-0.4, -0.2) is 55.9 Å². The molecule has 0 aromatic carbocycles. The predicted octanol–water partition coefficient (Wildman–Crippen LogP) is 1.26. The van der Waals surface area contributed by atoms with Gasteiger partial charge in [0.25, 0.3) is 0 Å². The Kier molecular flexibility index (Phi) is 7.33. The lowest BCUT2D eigenvalue weighted by atomic mass is 10.4. The highest BCUT2D eigenvalue weighted by atomic mass is 79.9. The maximum absolute atomic E-state index is 3.42. The number of halogens is 1. The van der Waals surface area contributed by atoms with Gasteiger partial charge in [0, 0.05) is 11.9 Å². The van der Waals surface area contributed by atoms with Gasteiger partial charge >= 0.3 is 0 Å². The fraction of sp³-hybridized carbons (Fsp3) is 1.00. The second kappa shape index (κ2) is 7.07. The largest absolute Gasteiger partial charge is 0.309 e. The van der Waals surface area contributed by atoms with E-state index in [0.29, 0.717) is 0 Å². The molecule has 3 heteroatoms. The van der Waals surface area contributed by atoms with Crippen molar-refractivity contribution in [3.05, 3.63) is 0 Å². The summed E-state index contributed by atoms with van der Waals surface area (Å²) in [5.74, 6) is 0. The first-order valence-corrected chi connectivity index (χ1v) is 5.18. The van der Waals surface area contributed by atoms with E-state index in [2.05, 4.69) is 46.9 Å². The summed E-state index contributed by atoms with van der Waals surface area (Å²) in [5, 5.41) is 1.07. The minimum atomic E-state index is 1.07. The number of nitrogens with zero attached hydrogens (tertiary/aromatic N) is 2. The molecule has 0 bridgehead atoms. The normalized spacial score (nSPS) is 11.5. The highest BCUT2D eigenvalue weighted by molar-refractivity contribution is 9.09. The fourth-order valence-electron chi connectivity index (χ4n) is 0.913. The Bertz CT molecular complexity index is 86.2. The van der Waals surface area contributed by atoms with E-state index >= 15 is 0 Å². The third-order valence-corrected chi connectivity index (χ3v) is 1.97. The van der Waals surface area contributed by atoms with Crippen LogP contribution in [0.25, 0.3) is 0 Å². The molecule has 68 valence electrons. The zero-order valence-corrected chi connectivity index (χ0v) is 9.39. The van der Waals surface area contributed by atoms with Gasteiger partial charge in [0.15, 0.2) is 0 Å². The van der Waals surface area contributed by atoms with Crippen molar-refractivity contribution in [3.63, 3.8) is 0 Å². The Morgan fingerprint density at radius 3 is 2.09 bits per heavy atom. The van der Waals surface area contributed by atoms with Gasteiger partial charge in [0.1, 0.15) is 0 Å².